The Labute approximate surface area is 107 Å². The zero-order chi connectivity index (χ0) is 13.4. The van der Waals surface area contributed by atoms with Gasteiger partial charge in [0.15, 0.2) is 0 Å². The van der Waals surface area contributed by atoms with Gasteiger partial charge in [-0.25, -0.2) is 4.79 Å². The summed E-state index contributed by atoms with van der Waals surface area (Å²) in [4.78, 5) is 22.2. The monoisotopic (exact) mass is 253 g/mol. The van der Waals surface area contributed by atoms with E-state index in [1.54, 1.807) is 0 Å². The second-order valence-electron chi connectivity index (χ2n) is 4.12. The van der Waals surface area contributed by atoms with Crippen LogP contribution in [0.1, 0.15) is 19.3 Å². The Hall–Kier alpha value is -1.74. The first-order valence-corrected chi connectivity index (χ1v) is 5.99. The molecule has 1 saturated carbocycles. The van der Waals surface area contributed by atoms with E-state index in [-0.39, 0.29) is 19.1 Å². The molecule has 1 unspecified atom stereocenters. The number of nitrogens with two attached hydrogens (primary N) is 1. The van der Waals surface area contributed by atoms with Crippen LogP contribution in [0.5, 0.6) is 0 Å². The molecule has 6 heteroatoms. The number of hydrogen-bond acceptors (Lipinski definition) is 4. The quantitative estimate of drug-likeness (QED) is 0.594. The molecular weight excluding hydrogens is 234 g/mol. The molecule has 1 rings (SSSR count). The summed E-state index contributed by atoms with van der Waals surface area (Å²) in [5.74, 6) is 6.05. The second kappa shape index (κ2) is 7.56. The summed E-state index contributed by atoms with van der Waals surface area (Å²) in [6.07, 6.45) is 2.93. The molecular formula is C12H19N3O3. The summed E-state index contributed by atoms with van der Waals surface area (Å²) >= 11 is 0. The van der Waals surface area contributed by atoms with Gasteiger partial charge in [0.25, 0.3) is 0 Å². The summed E-state index contributed by atoms with van der Waals surface area (Å²) in [6, 6.07) is -0.846. The van der Waals surface area contributed by atoms with Gasteiger partial charge in [-0.1, -0.05) is 18.3 Å². The predicted octanol–water partition coefficient (Wildman–Crippen LogP) is -0.411. The third kappa shape index (κ3) is 5.06. The van der Waals surface area contributed by atoms with Gasteiger partial charge < -0.3 is 21.1 Å². The Balaban J connectivity index is 2.09. The van der Waals surface area contributed by atoms with Crippen LogP contribution in [0.15, 0.2) is 0 Å². The summed E-state index contributed by atoms with van der Waals surface area (Å²) in [6.45, 7) is 0.103. The normalized spacial score (nSPS) is 15.7. The minimum atomic E-state index is -0.846. The summed E-state index contributed by atoms with van der Waals surface area (Å²) in [5, 5.41) is 4.84. The van der Waals surface area contributed by atoms with E-state index in [0.29, 0.717) is 5.92 Å². The van der Waals surface area contributed by atoms with Crippen molar-refractivity contribution < 1.29 is 14.3 Å². The third-order valence-electron chi connectivity index (χ3n) is 2.71. The van der Waals surface area contributed by atoms with Crippen molar-refractivity contribution in [2.24, 2.45) is 11.7 Å². The van der Waals surface area contributed by atoms with Crippen LogP contribution in [0.3, 0.4) is 0 Å². The number of hydrogen-bond donors (Lipinski definition) is 3. The number of nitrogens with one attached hydrogen (secondary N) is 2. The molecule has 1 fully saturated rings. The maximum atomic E-state index is 11.2. The van der Waals surface area contributed by atoms with Crippen molar-refractivity contribution in [3.05, 3.63) is 0 Å². The maximum absolute atomic E-state index is 11.2. The summed E-state index contributed by atoms with van der Waals surface area (Å²) in [5.41, 5.74) is 5.45. The summed E-state index contributed by atoms with van der Waals surface area (Å²) < 4.78 is 4.77. The molecule has 100 valence electrons. The molecule has 6 nitrogen and oxygen atoms in total. The van der Waals surface area contributed by atoms with Gasteiger partial charge in [-0.2, -0.15) is 0 Å². The number of carbonyl (C=O) groups excluding carboxylic acids is 2. The number of amides is 2. The highest BCUT2D eigenvalue weighted by Gasteiger charge is 2.14. The zero-order valence-corrected chi connectivity index (χ0v) is 10.5. The average molecular weight is 253 g/mol. The molecule has 0 bridgehead atoms. The first kappa shape index (κ1) is 14.3. The highest BCUT2D eigenvalue weighted by atomic mass is 16.5. The second-order valence-corrected chi connectivity index (χ2v) is 4.12. The fraction of sp³-hybridized carbons (Fsp3) is 0.667. The van der Waals surface area contributed by atoms with Crippen molar-refractivity contribution in [1.29, 1.82) is 0 Å². The standard InChI is InChI=1S/C12H19N3O3/c1-14-11(16)10(13)8-18-12(17)15-7-3-6-9-4-2-5-9/h9-10H,2,4-5,7-8,13H2,1H3,(H,14,16)(H,15,17). The number of likely N-dealkylation sites (N-methyl/N-ethyl adjacent to an activating group) is 1. The molecule has 0 saturated heterocycles. The van der Waals surface area contributed by atoms with E-state index >= 15 is 0 Å². The topological polar surface area (TPSA) is 93.5 Å². The molecule has 0 heterocycles. The van der Waals surface area contributed by atoms with Crippen molar-refractivity contribution in [3.63, 3.8) is 0 Å². The molecule has 1 atom stereocenters. The molecule has 0 spiro atoms. The van der Waals surface area contributed by atoms with Gasteiger partial charge in [-0.05, 0) is 12.8 Å². The van der Waals surface area contributed by atoms with Crippen LogP contribution in [0, 0.1) is 17.8 Å². The molecule has 0 aliphatic heterocycles. The average Bonchev–Trinajstić information content (AvgIpc) is 2.32. The third-order valence-corrected chi connectivity index (χ3v) is 2.71. The van der Waals surface area contributed by atoms with E-state index in [4.69, 9.17) is 10.5 Å². The van der Waals surface area contributed by atoms with Crippen LogP contribution in [0.4, 0.5) is 4.79 Å². The van der Waals surface area contributed by atoms with Crippen molar-refractivity contribution in [2.45, 2.75) is 25.3 Å². The van der Waals surface area contributed by atoms with Gasteiger partial charge in [0.1, 0.15) is 12.6 Å². The van der Waals surface area contributed by atoms with E-state index < -0.39 is 12.1 Å². The van der Waals surface area contributed by atoms with Gasteiger partial charge in [-0.3, -0.25) is 4.79 Å². The Morgan fingerprint density at radius 1 is 1.50 bits per heavy atom. The molecule has 2 amide bonds. The van der Waals surface area contributed by atoms with Gasteiger partial charge >= 0.3 is 6.09 Å². The first-order valence-electron chi connectivity index (χ1n) is 5.99. The van der Waals surface area contributed by atoms with Gasteiger partial charge in [0, 0.05) is 13.0 Å². The highest BCUT2D eigenvalue weighted by Crippen LogP contribution is 2.24. The zero-order valence-electron chi connectivity index (χ0n) is 10.5. The van der Waals surface area contributed by atoms with Crippen molar-refractivity contribution >= 4 is 12.0 Å². The minimum Gasteiger partial charge on any atom is -0.447 e. The molecule has 0 aromatic carbocycles. The van der Waals surface area contributed by atoms with Crippen LogP contribution in [0.25, 0.3) is 0 Å². The number of alkyl carbamates (subject to hydrolysis) is 1. The first-order chi connectivity index (χ1) is 8.63. The molecule has 0 aromatic rings. The molecule has 4 N–H and O–H groups in total. The number of ether oxygens (including phenoxy) is 1. The minimum absolute atomic E-state index is 0.151. The summed E-state index contributed by atoms with van der Waals surface area (Å²) in [7, 11) is 1.47. The molecule has 1 aliphatic rings. The van der Waals surface area contributed by atoms with Crippen molar-refractivity contribution in [1.82, 2.24) is 10.6 Å². The van der Waals surface area contributed by atoms with E-state index in [2.05, 4.69) is 22.5 Å². The van der Waals surface area contributed by atoms with Gasteiger partial charge in [-0.15, -0.1) is 0 Å². The van der Waals surface area contributed by atoms with E-state index in [9.17, 15) is 9.59 Å². The lowest BCUT2D eigenvalue weighted by molar-refractivity contribution is -0.122. The highest BCUT2D eigenvalue weighted by molar-refractivity contribution is 5.81. The number of rotatable bonds is 4. The fourth-order valence-electron chi connectivity index (χ4n) is 1.34. The van der Waals surface area contributed by atoms with E-state index in [1.165, 1.54) is 13.5 Å². The Morgan fingerprint density at radius 3 is 2.78 bits per heavy atom. The Kier molecular flexibility index (Phi) is 6.01. The lowest BCUT2D eigenvalue weighted by Gasteiger charge is -2.18. The van der Waals surface area contributed by atoms with Crippen molar-refractivity contribution in [3.8, 4) is 11.8 Å². The van der Waals surface area contributed by atoms with E-state index in [1.807, 2.05) is 0 Å². The largest absolute Gasteiger partial charge is 0.447 e. The molecule has 1 aliphatic carbocycles. The fourth-order valence-corrected chi connectivity index (χ4v) is 1.34. The van der Waals surface area contributed by atoms with Crippen LogP contribution in [0.2, 0.25) is 0 Å². The van der Waals surface area contributed by atoms with Crippen LogP contribution in [-0.2, 0) is 9.53 Å². The lowest BCUT2D eigenvalue weighted by atomic mass is 9.86. The predicted molar refractivity (Wildman–Crippen MR) is 66.5 cm³/mol. The van der Waals surface area contributed by atoms with Gasteiger partial charge in [0.2, 0.25) is 5.91 Å². The SMILES string of the molecule is CNC(=O)C(N)COC(=O)NCC#CC1CCC1. The number of carbonyl (C=O) groups is 2. The van der Waals surface area contributed by atoms with Crippen LogP contribution < -0.4 is 16.4 Å². The van der Waals surface area contributed by atoms with Crippen LogP contribution >= 0.6 is 0 Å². The van der Waals surface area contributed by atoms with E-state index in [0.717, 1.165) is 12.8 Å². The van der Waals surface area contributed by atoms with Crippen LogP contribution in [-0.4, -0.2) is 38.2 Å². The molecule has 0 aromatic heterocycles. The maximum Gasteiger partial charge on any atom is 0.407 e. The Bertz CT molecular complexity index is 355. The van der Waals surface area contributed by atoms with Gasteiger partial charge in [0.05, 0.1) is 6.54 Å². The lowest BCUT2D eigenvalue weighted by Crippen LogP contribution is -2.43. The van der Waals surface area contributed by atoms with Crippen molar-refractivity contribution in [2.75, 3.05) is 20.2 Å². The molecule has 18 heavy (non-hydrogen) atoms. The molecule has 0 radical (unpaired) electrons. The smallest absolute Gasteiger partial charge is 0.407 e. The Morgan fingerprint density at radius 2 is 2.22 bits per heavy atom.